The molecule has 1 aliphatic rings. The number of nitrogens with zero attached hydrogens (tertiary/aromatic N) is 1. The second-order valence-corrected chi connectivity index (χ2v) is 6.26. The lowest BCUT2D eigenvalue weighted by atomic mass is 9.96. The average Bonchev–Trinajstić information content (AvgIpc) is 2.74. The highest BCUT2D eigenvalue weighted by Gasteiger charge is 2.19. The van der Waals surface area contributed by atoms with Gasteiger partial charge in [-0.15, -0.1) is 23.7 Å². The molecule has 0 amide bonds. The highest BCUT2D eigenvalue weighted by atomic mass is 35.5. The maximum atomic E-state index is 6.14. The van der Waals surface area contributed by atoms with Crippen molar-refractivity contribution in [3.05, 3.63) is 21.3 Å². The van der Waals surface area contributed by atoms with E-state index in [-0.39, 0.29) is 12.4 Å². The van der Waals surface area contributed by atoms with Crippen molar-refractivity contribution in [3.63, 3.8) is 0 Å². The van der Waals surface area contributed by atoms with E-state index >= 15 is 0 Å². The van der Waals surface area contributed by atoms with E-state index in [0.29, 0.717) is 0 Å². The summed E-state index contributed by atoms with van der Waals surface area (Å²) in [5.41, 5.74) is 1.29. The van der Waals surface area contributed by atoms with Crippen LogP contribution < -0.4 is 5.32 Å². The van der Waals surface area contributed by atoms with E-state index in [4.69, 9.17) is 11.6 Å². The standard InChI is InChI=1S/C13H21ClN2S.ClH/c1-2-15-9-11-3-6-16(7-4-11)10-12-5-8-17-13(12)14;/h5,8,11,15H,2-4,6-7,9-10H2,1H3;1H. The number of likely N-dealkylation sites (tertiary alicyclic amines) is 1. The first-order valence-electron chi connectivity index (χ1n) is 6.44. The number of hydrogen-bond acceptors (Lipinski definition) is 3. The summed E-state index contributed by atoms with van der Waals surface area (Å²) in [4.78, 5) is 2.52. The molecule has 0 aromatic carbocycles. The fraction of sp³-hybridized carbons (Fsp3) is 0.692. The molecular formula is C13H22Cl2N2S. The van der Waals surface area contributed by atoms with Crippen LogP contribution in [0, 0.1) is 5.92 Å². The van der Waals surface area contributed by atoms with Gasteiger partial charge in [-0.2, -0.15) is 0 Å². The van der Waals surface area contributed by atoms with Gasteiger partial charge < -0.3 is 5.32 Å². The van der Waals surface area contributed by atoms with Crippen LogP contribution in [0.25, 0.3) is 0 Å². The zero-order chi connectivity index (χ0) is 12.1. The molecule has 0 atom stereocenters. The number of halogens is 2. The van der Waals surface area contributed by atoms with Crippen molar-refractivity contribution >= 4 is 35.3 Å². The fourth-order valence-corrected chi connectivity index (χ4v) is 3.28. The highest BCUT2D eigenvalue weighted by molar-refractivity contribution is 7.14. The molecular weight excluding hydrogens is 287 g/mol. The Kier molecular flexibility index (Phi) is 7.57. The topological polar surface area (TPSA) is 15.3 Å². The summed E-state index contributed by atoms with van der Waals surface area (Å²) < 4.78 is 0.958. The van der Waals surface area contributed by atoms with E-state index in [1.807, 2.05) is 0 Å². The Morgan fingerprint density at radius 1 is 1.44 bits per heavy atom. The molecule has 2 nitrogen and oxygen atoms in total. The summed E-state index contributed by atoms with van der Waals surface area (Å²) in [6.45, 7) is 7.89. The van der Waals surface area contributed by atoms with Crippen LogP contribution in [0.5, 0.6) is 0 Å². The summed E-state index contributed by atoms with van der Waals surface area (Å²) >= 11 is 7.77. The van der Waals surface area contributed by atoms with Crippen LogP contribution in [0.1, 0.15) is 25.3 Å². The minimum absolute atomic E-state index is 0. The van der Waals surface area contributed by atoms with E-state index in [2.05, 4.69) is 28.6 Å². The van der Waals surface area contributed by atoms with Gasteiger partial charge in [-0.05, 0) is 61.9 Å². The van der Waals surface area contributed by atoms with Gasteiger partial charge in [0.25, 0.3) is 0 Å². The van der Waals surface area contributed by atoms with E-state index < -0.39 is 0 Å². The van der Waals surface area contributed by atoms with Crippen LogP contribution in [0.2, 0.25) is 4.34 Å². The molecule has 2 heterocycles. The molecule has 1 aromatic heterocycles. The van der Waals surface area contributed by atoms with Gasteiger partial charge in [0.1, 0.15) is 0 Å². The van der Waals surface area contributed by atoms with Crippen molar-refractivity contribution in [2.75, 3.05) is 26.2 Å². The lowest BCUT2D eigenvalue weighted by Crippen LogP contribution is -2.36. The molecule has 1 aromatic rings. The molecule has 0 spiro atoms. The zero-order valence-electron chi connectivity index (χ0n) is 10.8. The molecule has 0 unspecified atom stereocenters. The Labute approximate surface area is 125 Å². The molecule has 1 saturated heterocycles. The third kappa shape index (κ3) is 4.71. The summed E-state index contributed by atoms with van der Waals surface area (Å²) in [6, 6.07) is 2.15. The first-order valence-corrected chi connectivity index (χ1v) is 7.70. The Balaban J connectivity index is 0.00000162. The van der Waals surface area contributed by atoms with Crippen molar-refractivity contribution in [2.45, 2.75) is 26.3 Å². The lowest BCUT2D eigenvalue weighted by molar-refractivity contribution is 0.176. The van der Waals surface area contributed by atoms with Crippen LogP contribution in [0.3, 0.4) is 0 Å². The monoisotopic (exact) mass is 308 g/mol. The van der Waals surface area contributed by atoms with Crippen molar-refractivity contribution < 1.29 is 0 Å². The lowest BCUT2D eigenvalue weighted by Gasteiger charge is -2.31. The number of thiophene rings is 1. The normalized spacial score (nSPS) is 17.7. The summed E-state index contributed by atoms with van der Waals surface area (Å²) in [5, 5.41) is 5.53. The van der Waals surface area contributed by atoms with Gasteiger partial charge >= 0.3 is 0 Å². The first-order chi connectivity index (χ1) is 8.29. The number of nitrogens with one attached hydrogen (secondary N) is 1. The molecule has 1 N–H and O–H groups in total. The van der Waals surface area contributed by atoms with Gasteiger partial charge in [-0.25, -0.2) is 0 Å². The SMILES string of the molecule is CCNCC1CCN(Cc2ccsc2Cl)CC1.Cl. The van der Waals surface area contributed by atoms with Crippen LogP contribution in [0.4, 0.5) is 0 Å². The summed E-state index contributed by atoms with van der Waals surface area (Å²) in [5.74, 6) is 0.865. The van der Waals surface area contributed by atoms with Crippen LogP contribution in [-0.4, -0.2) is 31.1 Å². The third-order valence-electron chi connectivity index (χ3n) is 3.48. The molecule has 2 rings (SSSR count). The van der Waals surface area contributed by atoms with Crippen molar-refractivity contribution in [2.24, 2.45) is 5.92 Å². The molecule has 18 heavy (non-hydrogen) atoms. The van der Waals surface area contributed by atoms with Gasteiger partial charge in [0.05, 0.1) is 4.34 Å². The zero-order valence-corrected chi connectivity index (χ0v) is 13.2. The van der Waals surface area contributed by atoms with Crippen molar-refractivity contribution in [1.82, 2.24) is 10.2 Å². The molecule has 5 heteroatoms. The Hall–Kier alpha value is 0.200. The maximum Gasteiger partial charge on any atom is 0.0973 e. The third-order valence-corrected chi connectivity index (χ3v) is 4.73. The Morgan fingerprint density at radius 3 is 2.72 bits per heavy atom. The summed E-state index contributed by atoms with van der Waals surface area (Å²) in [7, 11) is 0. The number of piperidine rings is 1. The van der Waals surface area contributed by atoms with Crippen LogP contribution >= 0.6 is 35.3 Å². The summed E-state index contributed by atoms with van der Waals surface area (Å²) in [6.07, 6.45) is 2.63. The van der Waals surface area contributed by atoms with E-state index in [1.54, 1.807) is 11.3 Å². The van der Waals surface area contributed by atoms with E-state index in [1.165, 1.54) is 38.0 Å². The van der Waals surface area contributed by atoms with E-state index in [0.717, 1.165) is 23.3 Å². The molecule has 0 bridgehead atoms. The second-order valence-electron chi connectivity index (χ2n) is 4.75. The maximum absolute atomic E-state index is 6.14. The van der Waals surface area contributed by atoms with Gasteiger partial charge in [0.15, 0.2) is 0 Å². The molecule has 0 saturated carbocycles. The van der Waals surface area contributed by atoms with Crippen molar-refractivity contribution in [1.29, 1.82) is 0 Å². The largest absolute Gasteiger partial charge is 0.317 e. The number of rotatable bonds is 5. The number of hydrogen-bond donors (Lipinski definition) is 1. The van der Waals surface area contributed by atoms with Crippen LogP contribution in [-0.2, 0) is 6.54 Å². The molecule has 1 fully saturated rings. The quantitative estimate of drug-likeness (QED) is 0.893. The van der Waals surface area contributed by atoms with Gasteiger partial charge in [-0.1, -0.05) is 18.5 Å². The minimum atomic E-state index is 0. The van der Waals surface area contributed by atoms with E-state index in [9.17, 15) is 0 Å². The second kappa shape index (κ2) is 8.39. The highest BCUT2D eigenvalue weighted by Crippen LogP contribution is 2.26. The molecule has 0 radical (unpaired) electrons. The molecule has 104 valence electrons. The van der Waals surface area contributed by atoms with Crippen LogP contribution in [0.15, 0.2) is 11.4 Å². The minimum Gasteiger partial charge on any atom is -0.317 e. The smallest absolute Gasteiger partial charge is 0.0973 e. The average molecular weight is 309 g/mol. The fourth-order valence-electron chi connectivity index (χ4n) is 2.37. The van der Waals surface area contributed by atoms with Gasteiger partial charge in [0.2, 0.25) is 0 Å². The first kappa shape index (κ1) is 16.3. The molecule has 0 aliphatic carbocycles. The predicted molar refractivity (Wildman–Crippen MR) is 83.1 cm³/mol. The van der Waals surface area contributed by atoms with Gasteiger partial charge in [0, 0.05) is 6.54 Å². The van der Waals surface area contributed by atoms with Gasteiger partial charge in [-0.3, -0.25) is 4.90 Å². The Bertz CT molecular complexity index is 335. The predicted octanol–water partition coefficient (Wildman–Crippen LogP) is 3.64. The Morgan fingerprint density at radius 2 is 2.17 bits per heavy atom. The molecule has 1 aliphatic heterocycles. The van der Waals surface area contributed by atoms with Crippen molar-refractivity contribution in [3.8, 4) is 0 Å².